The van der Waals surface area contributed by atoms with Crippen molar-refractivity contribution in [2.24, 2.45) is 4.99 Å². The van der Waals surface area contributed by atoms with Crippen molar-refractivity contribution in [1.82, 2.24) is 10.4 Å². The number of alkyl halides is 3. The van der Waals surface area contributed by atoms with Gasteiger partial charge in [0.15, 0.2) is 6.17 Å². The van der Waals surface area contributed by atoms with Gasteiger partial charge in [0.25, 0.3) is 9.84 Å². The van der Waals surface area contributed by atoms with E-state index < -0.39 is 39.1 Å². The van der Waals surface area contributed by atoms with Crippen LogP contribution in [0.1, 0.15) is 23.6 Å². The molecule has 23 heavy (non-hydrogen) atoms. The third-order valence-electron chi connectivity index (χ3n) is 3.77. The van der Waals surface area contributed by atoms with Crippen molar-refractivity contribution in [3.05, 3.63) is 35.4 Å². The van der Waals surface area contributed by atoms with E-state index in [1.165, 1.54) is 5.01 Å². The number of nitrogens with one attached hydrogen (secondary N) is 1. The molecule has 122 valence electrons. The van der Waals surface area contributed by atoms with Gasteiger partial charge in [-0.25, -0.2) is 17.8 Å². The molecule has 6 nitrogen and oxygen atoms in total. The molecule has 2 aliphatic heterocycles. The maximum atomic E-state index is 14.1. The van der Waals surface area contributed by atoms with Crippen LogP contribution in [-0.4, -0.2) is 36.7 Å². The molecule has 2 heterocycles. The highest BCUT2D eigenvalue weighted by Gasteiger charge is 2.49. The quantitative estimate of drug-likeness (QED) is 0.878. The van der Waals surface area contributed by atoms with Gasteiger partial charge in [0.05, 0.1) is 17.7 Å². The molecule has 1 unspecified atom stereocenters. The number of nitrogens with zero attached hydrogens (tertiary/aromatic N) is 3. The minimum atomic E-state index is -4.92. The Balaban J connectivity index is 1.91. The van der Waals surface area contributed by atoms with Crippen molar-refractivity contribution < 1.29 is 21.6 Å². The lowest BCUT2D eigenvalue weighted by Crippen LogP contribution is -2.43. The Morgan fingerprint density at radius 1 is 1.43 bits per heavy atom. The second-order valence-electron chi connectivity index (χ2n) is 5.18. The fourth-order valence-electron chi connectivity index (χ4n) is 2.69. The number of amidine groups is 1. The van der Waals surface area contributed by atoms with Crippen LogP contribution in [0.5, 0.6) is 0 Å². The van der Waals surface area contributed by atoms with Gasteiger partial charge in [0.2, 0.25) is 5.17 Å². The van der Waals surface area contributed by atoms with Gasteiger partial charge in [0, 0.05) is 6.42 Å². The first kappa shape index (κ1) is 15.8. The van der Waals surface area contributed by atoms with E-state index in [-0.39, 0.29) is 6.42 Å². The molecule has 1 N–H and O–H groups in total. The molecule has 0 amide bonds. The van der Waals surface area contributed by atoms with Crippen molar-refractivity contribution in [2.75, 3.05) is 0 Å². The minimum Gasteiger partial charge on any atom is -0.291 e. The molecule has 3 atom stereocenters. The van der Waals surface area contributed by atoms with E-state index in [2.05, 4.69) is 10.4 Å². The summed E-state index contributed by atoms with van der Waals surface area (Å²) in [6.45, 7) is 0. The van der Waals surface area contributed by atoms with Crippen LogP contribution in [0.4, 0.5) is 13.2 Å². The van der Waals surface area contributed by atoms with Gasteiger partial charge >= 0.3 is 5.76 Å². The van der Waals surface area contributed by atoms with Gasteiger partial charge in [-0.1, -0.05) is 12.1 Å². The largest absolute Gasteiger partial charge is 0.344 e. The van der Waals surface area contributed by atoms with Crippen molar-refractivity contribution in [2.45, 2.75) is 30.6 Å². The molecule has 1 saturated heterocycles. The van der Waals surface area contributed by atoms with Crippen molar-refractivity contribution in [3.63, 3.8) is 0 Å². The van der Waals surface area contributed by atoms with E-state index >= 15 is 0 Å². The van der Waals surface area contributed by atoms with Gasteiger partial charge in [-0.15, -0.1) is 0 Å². The summed E-state index contributed by atoms with van der Waals surface area (Å²) in [7, 11) is -4.92. The minimum absolute atomic E-state index is 0.0120. The number of benzene rings is 1. The standard InChI is InChI=1S/C13H11F3N4O2S/c14-9-5-10(8-3-1-2-7(4-8)6-17)20-11(9)18-13(19-20)23(21,22)12(15)16/h1-4,9-12H,5H2,(H,18,19)/t9-,10-,11?/m0/s1. The molecule has 1 aromatic carbocycles. The molecular formula is C13H11F3N4O2S. The van der Waals surface area contributed by atoms with Crippen LogP contribution in [0, 0.1) is 11.3 Å². The van der Waals surface area contributed by atoms with Crippen LogP contribution in [0.15, 0.2) is 29.3 Å². The van der Waals surface area contributed by atoms with Crippen molar-refractivity contribution in [3.8, 4) is 6.07 Å². The Morgan fingerprint density at radius 2 is 2.17 bits per heavy atom. The lowest BCUT2D eigenvalue weighted by molar-refractivity contribution is 0.160. The fraction of sp³-hybridized carbons (Fsp3) is 0.385. The Bertz CT molecular complexity index is 806. The first-order valence-electron chi connectivity index (χ1n) is 6.63. The SMILES string of the molecule is N#Cc1cccc([C@@H]2C[C@H](F)C3N=C(S(=O)(=O)C(F)F)NN32)c1. The smallest absolute Gasteiger partial charge is 0.291 e. The molecule has 2 aliphatic rings. The topological polar surface area (TPSA) is 85.6 Å². The lowest BCUT2D eigenvalue weighted by Gasteiger charge is -2.23. The highest BCUT2D eigenvalue weighted by atomic mass is 32.2. The number of hydrazine groups is 1. The maximum Gasteiger partial charge on any atom is 0.344 e. The van der Waals surface area contributed by atoms with E-state index in [0.29, 0.717) is 11.1 Å². The normalized spacial score (nSPS) is 27.4. The Morgan fingerprint density at radius 3 is 2.83 bits per heavy atom. The van der Waals surface area contributed by atoms with E-state index in [1.54, 1.807) is 24.3 Å². The monoisotopic (exact) mass is 344 g/mol. The highest BCUT2D eigenvalue weighted by Crippen LogP contribution is 2.39. The molecule has 0 spiro atoms. The zero-order valence-electron chi connectivity index (χ0n) is 11.5. The molecule has 1 fully saturated rings. The van der Waals surface area contributed by atoms with Crippen LogP contribution in [0.3, 0.4) is 0 Å². The zero-order chi connectivity index (χ0) is 16.8. The summed E-state index contributed by atoms with van der Waals surface area (Å²) in [5, 5.41) is 9.19. The molecule has 0 radical (unpaired) electrons. The number of halogens is 3. The van der Waals surface area contributed by atoms with E-state index in [9.17, 15) is 21.6 Å². The van der Waals surface area contributed by atoms with Gasteiger partial charge in [0.1, 0.15) is 6.17 Å². The van der Waals surface area contributed by atoms with Crippen LogP contribution < -0.4 is 5.43 Å². The predicted molar refractivity (Wildman–Crippen MR) is 74.5 cm³/mol. The van der Waals surface area contributed by atoms with Gasteiger partial charge in [-0.2, -0.15) is 19.1 Å². The second-order valence-corrected chi connectivity index (χ2v) is 7.01. The summed E-state index contributed by atoms with van der Waals surface area (Å²) >= 11 is 0. The number of hydrogen-bond donors (Lipinski definition) is 1. The average molecular weight is 344 g/mol. The molecule has 1 aromatic rings. The maximum absolute atomic E-state index is 14.1. The summed E-state index contributed by atoms with van der Waals surface area (Å²) < 4.78 is 62.3. The molecule has 3 rings (SSSR count). The molecule has 0 aromatic heterocycles. The molecule has 0 aliphatic carbocycles. The first-order chi connectivity index (χ1) is 10.8. The number of rotatable bonds is 2. The van der Waals surface area contributed by atoms with Crippen LogP contribution >= 0.6 is 0 Å². The lowest BCUT2D eigenvalue weighted by atomic mass is 10.0. The van der Waals surface area contributed by atoms with Crippen molar-refractivity contribution in [1.29, 1.82) is 5.26 Å². The molecule has 0 saturated carbocycles. The Hall–Kier alpha value is -2.12. The van der Waals surface area contributed by atoms with Crippen molar-refractivity contribution >= 4 is 15.0 Å². The summed E-state index contributed by atoms with van der Waals surface area (Å²) in [6.07, 6.45) is -2.68. The predicted octanol–water partition coefficient (Wildman–Crippen LogP) is 1.48. The summed E-state index contributed by atoms with van der Waals surface area (Å²) in [5.74, 6) is -3.63. The number of nitriles is 1. The third kappa shape index (κ3) is 2.55. The zero-order valence-corrected chi connectivity index (χ0v) is 12.3. The average Bonchev–Trinajstić information content (AvgIpc) is 3.08. The highest BCUT2D eigenvalue weighted by molar-refractivity contribution is 8.06. The third-order valence-corrected chi connectivity index (χ3v) is 4.98. The van der Waals surface area contributed by atoms with Crippen LogP contribution in [0.2, 0.25) is 0 Å². The second kappa shape index (κ2) is 5.50. The Labute approximate surface area is 130 Å². The summed E-state index contributed by atoms with van der Waals surface area (Å²) in [5.41, 5.74) is 3.22. The summed E-state index contributed by atoms with van der Waals surface area (Å²) in [6, 6.07) is 7.72. The van der Waals surface area contributed by atoms with Gasteiger partial charge in [-0.3, -0.25) is 5.43 Å². The molecule has 0 bridgehead atoms. The number of fused-ring (bicyclic) bond motifs is 1. The van der Waals surface area contributed by atoms with Gasteiger partial charge < -0.3 is 0 Å². The van der Waals surface area contributed by atoms with Crippen LogP contribution in [0.25, 0.3) is 0 Å². The Kier molecular flexibility index (Phi) is 3.77. The van der Waals surface area contributed by atoms with E-state index in [4.69, 9.17) is 5.26 Å². The van der Waals surface area contributed by atoms with Gasteiger partial charge in [-0.05, 0) is 17.7 Å². The molecule has 10 heteroatoms. The number of hydrogen-bond acceptors (Lipinski definition) is 6. The van der Waals surface area contributed by atoms with E-state index in [1.807, 2.05) is 6.07 Å². The van der Waals surface area contributed by atoms with Crippen LogP contribution in [-0.2, 0) is 9.84 Å². The first-order valence-corrected chi connectivity index (χ1v) is 8.18. The fourth-order valence-corrected chi connectivity index (χ4v) is 3.34. The number of aliphatic imine (C=N–C) groups is 1. The summed E-state index contributed by atoms with van der Waals surface area (Å²) in [4.78, 5) is 3.57. The molecular weight excluding hydrogens is 333 g/mol. The van der Waals surface area contributed by atoms with E-state index in [0.717, 1.165) is 0 Å². The number of sulfone groups is 1.